The first kappa shape index (κ1) is 12.8. The monoisotopic (exact) mass is 266 g/mol. The first-order valence-corrected chi connectivity index (χ1v) is 6.80. The van der Waals surface area contributed by atoms with Gasteiger partial charge in [-0.15, -0.1) is 0 Å². The van der Waals surface area contributed by atoms with Gasteiger partial charge in [0.25, 0.3) is 0 Å². The lowest BCUT2D eigenvalue weighted by Crippen LogP contribution is -2.20. The van der Waals surface area contributed by atoms with Crippen molar-refractivity contribution < 1.29 is 0 Å². The zero-order valence-electron chi connectivity index (χ0n) is 11.7. The van der Waals surface area contributed by atoms with Crippen molar-refractivity contribution >= 4 is 11.0 Å². The van der Waals surface area contributed by atoms with Gasteiger partial charge in [0.15, 0.2) is 0 Å². The van der Waals surface area contributed by atoms with Crippen LogP contribution < -0.4 is 5.32 Å². The van der Waals surface area contributed by atoms with Gasteiger partial charge in [-0.2, -0.15) is 0 Å². The number of aryl methyl sites for hydroxylation is 1. The van der Waals surface area contributed by atoms with Crippen LogP contribution in [-0.4, -0.2) is 14.5 Å². The first-order valence-electron chi connectivity index (χ1n) is 6.80. The van der Waals surface area contributed by atoms with E-state index < -0.39 is 0 Å². The Morgan fingerprint density at radius 2 is 1.95 bits per heavy atom. The van der Waals surface area contributed by atoms with Gasteiger partial charge in [-0.3, -0.25) is 4.98 Å². The fourth-order valence-electron chi connectivity index (χ4n) is 2.33. The molecule has 3 aromatic rings. The van der Waals surface area contributed by atoms with Crippen LogP contribution in [0.3, 0.4) is 0 Å². The third-order valence-electron chi connectivity index (χ3n) is 3.58. The van der Waals surface area contributed by atoms with Gasteiger partial charge < -0.3 is 9.88 Å². The summed E-state index contributed by atoms with van der Waals surface area (Å²) in [6.07, 6.45) is 1.82. The average Bonchev–Trinajstić information content (AvgIpc) is 2.83. The maximum atomic E-state index is 4.66. The summed E-state index contributed by atoms with van der Waals surface area (Å²) in [7, 11) is 2.05. The van der Waals surface area contributed by atoms with Crippen molar-refractivity contribution in [1.29, 1.82) is 0 Å². The molecule has 4 nitrogen and oxygen atoms in total. The van der Waals surface area contributed by atoms with Gasteiger partial charge in [-0.1, -0.05) is 18.2 Å². The highest BCUT2D eigenvalue weighted by Gasteiger charge is 2.10. The fraction of sp³-hybridized carbons (Fsp3) is 0.250. The van der Waals surface area contributed by atoms with Crippen molar-refractivity contribution in [2.75, 3.05) is 0 Å². The number of imidazole rings is 1. The minimum atomic E-state index is 0.205. The zero-order valence-corrected chi connectivity index (χ0v) is 11.7. The predicted molar refractivity (Wildman–Crippen MR) is 80.2 cm³/mol. The number of hydrogen-bond donors (Lipinski definition) is 1. The minimum Gasteiger partial charge on any atom is -0.330 e. The third-order valence-corrected chi connectivity index (χ3v) is 3.58. The van der Waals surface area contributed by atoms with Gasteiger partial charge in [-0.25, -0.2) is 4.98 Å². The Hall–Kier alpha value is -2.20. The summed E-state index contributed by atoms with van der Waals surface area (Å²) in [4.78, 5) is 9.02. The molecule has 3 rings (SSSR count). The molecule has 0 aliphatic carbocycles. The number of hydrogen-bond acceptors (Lipinski definition) is 3. The summed E-state index contributed by atoms with van der Waals surface area (Å²) in [5.74, 6) is 1.04. The summed E-state index contributed by atoms with van der Waals surface area (Å²) in [5, 5.41) is 3.47. The topological polar surface area (TPSA) is 42.7 Å². The van der Waals surface area contributed by atoms with Gasteiger partial charge in [0, 0.05) is 19.3 Å². The highest BCUT2D eigenvalue weighted by molar-refractivity contribution is 5.75. The molecule has 1 atom stereocenters. The van der Waals surface area contributed by atoms with Gasteiger partial charge in [0.1, 0.15) is 5.82 Å². The third kappa shape index (κ3) is 2.42. The van der Waals surface area contributed by atoms with Gasteiger partial charge in [0.05, 0.1) is 23.3 Å². The maximum Gasteiger partial charge on any atom is 0.123 e. The highest BCUT2D eigenvalue weighted by Crippen LogP contribution is 2.15. The molecule has 4 heteroatoms. The minimum absolute atomic E-state index is 0.205. The van der Waals surface area contributed by atoms with E-state index in [9.17, 15) is 0 Å². The van der Waals surface area contributed by atoms with Crippen molar-refractivity contribution in [2.24, 2.45) is 7.05 Å². The van der Waals surface area contributed by atoms with Crippen molar-refractivity contribution in [3.05, 3.63) is 60.2 Å². The Balaban J connectivity index is 1.76. The number of nitrogens with one attached hydrogen (secondary N) is 1. The lowest BCUT2D eigenvalue weighted by molar-refractivity contribution is 0.540. The SMILES string of the molecule is C[C@H](NCc1nc2ccccc2n1C)c1ccccn1. The molecular formula is C16H18N4. The van der Waals surface area contributed by atoms with E-state index in [-0.39, 0.29) is 6.04 Å². The zero-order chi connectivity index (χ0) is 13.9. The van der Waals surface area contributed by atoms with Crippen LogP contribution in [0.25, 0.3) is 11.0 Å². The Bertz CT molecular complexity index is 703. The van der Waals surface area contributed by atoms with E-state index in [1.165, 1.54) is 0 Å². The quantitative estimate of drug-likeness (QED) is 0.789. The standard InChI is InChI=1S/C16H18N4/c1-12(13-7-5-6-10-17-13)18-11-16-19-14-8-3-4-9-15(14)20(16)2/h3-10,12,18H,11H2,1-2H3/t12-/m0/s1. The Labute approximate surface area is 118 Å². The van der Waals surface area contributed by atoms with Crippen LogP contribution in [0.4, 0.5) is 0 Å². The Morgan fingerprint density at radius 1 is 1.15 bits per heavy atom. The molecule has 0 saturated carbocycles. The molecule has 0 radical (unpaired) electrons. The van der Waals surface area contributed by atoms with Crippen LogP contribution in [0.1, 0.15) is 24.5 Å². The molecule has 0 fully saturated rings. The second kappa shape index (κ2) is 5.43. The van der Waals surface area contributed by atoms with Crippen LogP contribution in [0, 0.1) is 0 Å². The summed E-state index contributed by atoms with van der Waals surface area (Å²) >= 11 is 0. The van der Waals surface area contributed by atoms with E-state index in [1.807, 2.05) is 42.6 Å². The summed E-state index contributed by atoms with van der Waals surface area (Å²) in [6, 6.07) is 14.4. The fourth-order valence-corrected chi connectivity index (χ4v) is 2.33. The number of para-hydroxylation sites is 2. The predicted octanol–water partition coefficient (Wildman–Crippen LogP) is 2.82. The smallest absolute Gasteiger partial charge is 0.123 e. The number of pyridine rings is 1. The van der Waals surface area contributed by atoms with Crippen molar-refractivity contribution in [2.45, 2.75) is 19.5 Å². The van der Waals surface area contributed by atoms with Crippen LogP contribution in [0.5, 0.6) is 0 Å². The molecule has 2 heterocycles. The normalized spacial score (nSPS) is 12.7. The molecule has 102 valence electrons. The molecule has 20 heavy (non-hydrogen) atoms. The van der Waals surface area contributed by atoms with Gasteiger partial charge in [-0.05, 0) is 31.2 Å². The highest BCUT2D eigenvalue weighted by atomic mass is 15.1. The Kier molecular flexibility index (Phi) is 3.48. The van der Waals surface area contributed by atoms with Gasteiger partial charge >= 0.3 is 0 Å². The number of aromatic nitrogens is 3. The largest absolute Gasteiger partial charge is 0.330 e. The van der Waals surface area contributed by atoms with Crippen LogP contribution in [0.15, 0.2) is 48.7 Å². The van der Waals surface area contributed by atoms with E-state index in [2.05, 4.69) is 39.9 Å². The van der Waals surface area contributed by atoms with Crippen molar-refractivity contribution in [3.63, 3.8) is 0 Å². The number of rotatable bonds is 4. The summed E-state index contributed by atoms with van der Waals surface area (Å²) in [5.41, 5.74) is 3.25. The Morgan fingerprint density at radius 3 is 2.70 bits per heavy atom. The van der Waals surface area contributed by atoms with Crippen molar-refractivity contribution in [3.8, 4) is 0 Å². The summed E-state index contributed by atoms with van der Waals surface area (Å²) in [6.45, 7) is 2.84. The molecule has 0 aliphatic heterocycles. The molecule has 2 aromatic heterocycles. The van der Waals surface area contributed by atoms with E-state index in [0.29, 0.717) is 0 Å². The second-order valence-corrected chi connectivity index (χ2v) is 4.93. The van der Waals surface area contributed by atoms with E-state index in [4.69, 9.17) is 0 Å². The lowest BCUT2D eigenvalue weighted by Gasteiger charge is -2.12. The molecular weight excluding hydrogens is 248 g/mol. The van der Waals surface area contributed by atoms with E-state index >= 15 is 0 Å². The molecule has 0 saturated heterocycles. The average molecular weight is 266 g/mol. The van der Waals surface area contributed by atoms with Crippen molar-refractivity contribution in [1.82, 2.24) is 19.9 Å². The molecule has 1 N–H and O–H groups in total. The number of benzene rings is 1. The first-order chi connectivity index (χ1) is 9.75. The van der Waals surface area contributed by atoms with Crippen LogP contribution in [0.2, 0.25) is 0 Å². The van der Waals surface area contributed by atoms with E-state index in [1.54, 1.807) is 0 Å². The van der Waals surface area contributed by atoms with Gasteiger partial charge in [0.2, 0.25) is 0 Å². The molecule has 0 amide bonds. The molecule has 0 unspecified atom stereocenters. The van der Waals surface area contributed by atoms with E-state index in [0.717, 1.165) is 29.1 Å². The maximum absolute atomic E-state index is 4.66. The molecule has 0 bridgehead atoms. The van der Waals surface area contributed by atoms with Crippen LogP contribution >= 0.6 is 0 Å². The molecule has 1 aromatic carbocycles. The van der Waals surface area contributed by atoms with Crippen LogP contribution in [-0.2, 0) is 13.6 Å². The number of nitrogens with zero attached hydrogens (tertiary/aromatic N) is 3. The lowest BCUT2D eigenvalue weighted by atomic mass is 10.2. The summed E-state index contributed by atoms with van der Waals surface area (Å²) < 4.78 is 2.13. The molecule has 0 spiro atoms. The second-order valence-electron chi connectivity index (χ2n) is 4.93. The number of fused-ring (bicyclic) bond motifs is 1. The molecule has 0 aliphatic rings.